The third-order valence-electron chi connectivity index (χ3n) is 4.25. The highest BCUT2D eigenvalue weighted by atomic mass is 16.6. The third-order valence-corrected chi connectivity index (χ3v) is 4.25. The summed E-state index contributed by atoms with van der Waals surface area (Å²) in [6.45, 7) is 7.92. The zero-order valence-electron chi connectivity index (χ0n) is 18.3. The first-order chi connectivity index (χ1) is 14.6. The van der Waals surface area contributed by atoms with E-state index < -0.39 is 0 Å². The molecule has 2 aromatic rings. The molecule has 7 nitrogen and oxygen atoms in total. The quantitative estimate of drug-likeness (QED) is 0.206. The van der Waals surface area contributed by atoms with Crippen molar-refractivity contribution in [2.24, 2.45) is 5.16 Å². The number of unbranched alkanes of at least 4 members (excludes halogenated alkanes) is 2. The van der Waals surface area contributed by atoms with Gasteiger partial charge in [0.25, 0.3) is 0 Å². The molecule has 0 fully saturated rings. The van der Waals surface area contributed by atoms with Crippen molar-refractivity contribution in [1.82, 2.24) is 10.2 Å². The molecule has 30 heavy (non-hydrogen) atoms. The van der Waals surface area contributed by atoms with Crippen molar-refractivity contribution in [3.8, 4) is 17.4 Å². The molecule has 0 atom stereocenters. The number of nitrogens with zero attached hydrogens (tertiary/aromatic N) is 3. The molecule has 0 aliphatic carbocycles. The molecule has 1 aromatic heterocycles. The number of oxime groups is 1. The van der Waals surface area contributed by atoms with Crippen molar-refractivity contribution < 1.29 is 19.0 Å². The Hall–Kier alpha value is -3.09. The fourth-order valence-corrected chi connectivity index (χ4v) is 2.78. The van der Waals surface area contributed by atoms with E-state index in [1.54, 1.807) is 12.1 Å². The summed E-state index contributed by atoms with van der Waals surface area (Å²) in [4.78, 5) is 4.60. The minimum Gasteiger partial charge on any atom is -0.493 e. The maximum Gasteiger partial charge on any atom is 0.233 e. The van der Waals surface area contributed by atoms with E-state index in [0.29, 0.717) is 31.4 Å². The second kappa shape index (κ2) is 13.2. The van der Waals surface area contributed by atoms with Crippen LogP contribution in [0.25, 0.3) is 0 Å². The van der Waals surface area contributed by atoms with Crippen LogP contribution in [-0.2, 0) is 4.84 Å². The Labute approximate surface area is 178 Å². The molecular weight excluding hydrogens is 382 g/mol. The number of ether oxygens (including phenoxy) is 3. The lowest BCUT2D eigenvalue weighted by atomic mass is 10.1. The molecule has 0 aliphatic rings. The molecule has 0 spiro atoms. The number of rotatable bonds is 13. The zero-order chi connectivity index (χ0) is 21.6. The third kappa shape index (κ3) is 8.11. The van der Waals surface area contributed by atoms with Crippen LogP contribution in [0.4, 0.5) is 0 Å². The van der Waals surface area contributed by atoms with Crippen LogP contribution in [0.1, 0.15) is 43.0 Å². The van der Waals surface area contributed by atoms with E-state index in [1.807, 2.05) is 45.1 Å². The summed E-state index contributed by atoms with van der Waals surface area (Å²) in [5, 5.41) is 11.6. The predicted molar refractivity (Wildman–Crippen MR) is 118 cm³/mol. The molecule has 0 radical (unpaired) electrons. The molecule has 2 rings (SSSR count). The van der Waals surface area contributed by atoms with Gasteiger partial charge in [-0.15, -0.1) is 10.2 Å². The molecule has 1 heterocycles. The van der Waals surface area contributed by atoms with Crippen LogP contribution in [0.5, 0.6) is 17.4 Å². The van der Waals surface area contributed by atoms with Crippen molar-refractivity contribution >= 4 is 6.21 Å². The molecule has 0 unspecified atom stereocenters. The van der Waals surface area contributed by atoms with Crippen LogP contribution in [-0.4, -0.2) is 43.3 Å². The molecule has 0 aliphatic heterocycles. The summed E-state index contributed by atoms with van der Waals surface area (Å²) in [6.07, 6.45) is 8.34. The second-order valence-electron chi connectivity index (χ2n) is 6.74. The maximum absolute atomic E-state index is 6.00. The first-order valence-corrected chi connectivity index (χ1v) is 10.1. The Morgan fingerprint density at radius 3 is 2.30 bits per heavy atom. The fraction of sp³-hybridized carbons (Fsp3) is 0.435. The molecule has 0 bridgehead atoms. The minimum absolute atomic E-state index is 0.504. The van der Waals surface area contributed by atoms with Crippen LogP contribution < -0.4 is 14.2 Å². The Morgan fingerprint density at radius 2 is 1.67 bits per heavy atom. The topological polar surface area (TPSA) is 75.1 Å². The molecule has 7 heteroatoms. The van der Waals surface area contributed by atoms with Crippen molar-refractivity contribution in [2.75, 3.05) is 26.9 Å². The van der Waals surface area contributed by atoms with Crippen molar-refractivity contribution in [1.29, 1.82) is 0 Å². The largest absolute Gasteiger partial charge is 0.493 e. The van der Waals surface area contributed by atoms with Gasteiger partial charge < -0.3 is 19.0 Å². The zero-order valence-corrected chi connectivity index (χ0v) is 18.3. The van der Waals surface area contributed by atoms with Crippen LogP contribution in [0.2, 0.25) is 0 Å². The van der Waals surface area contributed by atoms with Crippen LogP contribution in [0.15, 0.2) is 41.6 Å². The summed E-state index contributed by atoms with van der Waals surface area (Å²) < 4.78 is 17.3. The number of benzene rings is 1. The van der Waals surface area contributed by atoms with Gasteiger partial charge in [0.15, 0.2) is 0 Å². The highest BCUT2D eigenvalue weighted by Crippen LogP contribution is 2.28. The number of aryl methyl sites for hydroxylation is 2. The van der Waals surface area contributed by atoms with E-state index in [2.05, 4.69) is 20.2 Å². The number of aromatic nitrogens is 2. The van der Waals surface area contributed by atoms with E-state index in [-0.39, 0.29) is 0 Å². The normalized spacial score (nSPS) is 11.2. The predicted octanol–water partition coefficient (Wildman–Crippen LogP) is 4.66. The van der Waals surface area contributed by atoms with Gasteiger partial charge in [-0.25, -0.2) is 0 Å². The van der Waals surface area contributed by atoms with Crippen molar-refractivity contribution in [2.45, 2.75) is 40.0 Å². The minimum atomic E-state index is 0.504. The van der Waals surface area contributed by atoms with Gasteiger partial charge in [-0.3, -0.25) is 0 Å². The van der Waals surface area contributed by atoms with E-state index >= 15 is 0 Å². The summed E-state index contributed by atoms with van der Waals surface area (Å²) in [5.74, 6) is 2.32. The van der Waals surface area contributed by atoms with Gasteiger partial charge in [-0.05, 0) is 69.4 Å². The van der Waals surface area contributed by atoms with E-state index in [4.69, 9.17) is 14.2 Å². The fourth-order valence-electron chi connectivity index (χ4n) is 2.78. The molecule has 0 amide bonds. The second-order valence-corrected chi connectivity index (χ2v) is 6.74. The number of allylic oxidation sites excluding steroid dienone is 1. The van der Waals surface area contributed by atoms with Gasteiger partial charge in [0.1, 0.15) is 30.9 Å². The van der Waals surface area contributed by atoms with E-state index in [1.165, 1.54) is 13.3 Å². The van der Waals surface area contributed by atoms with Gasteiger partial charge >= 0.3 is 0 Å². The maximum atomic E-state index is 6.00. The molecular formula is C23H31N3O4. The lowest BCUT2D eigenvalue weighted by Gasteiger charge is -2.14. The lowest BCUT2D eigenvalue weighted by molar-refractivity contribution is 0.215. The van der Waals surface area contributed by atoms with Crippen LogP contribution >= 0.6 is 0 Å². The first kappa shape index (κ1) is 23.2. The van der Waals surface area contributed by atoms with Gasteiger partial charge in [-0.1, -0.05) is 17.3 Å². The highest BCUT2D eigenvalue weighted by Gasteiger charge is 2.07. The summed E-state index contributed by atoms with van der Waals surface area (Å²) in [7, 11) is 1.48. The Balaban J connectivity index is 1.65. The first-order valence-electron chi connectivity index (χ1n) is 10.1. The van der Waals surface area contributed by atoms with Crippen LogP contribution in [0, 0.1) is 13.8 Å². The number of hydrogen-bond donors (Lipinski definition) is 0. The standard InChI is InChI=1S/C23H31N3O4/c1-5-6-12-28-21-15-18(2)23(19(3)16-21)30-14-9-7-8-13-29-22-11-10-20(25-26-22)17-24-27-4/h5-6,10-11,15-17H,7-9,12-14H2,1-4H3/b6-5+,24-17?. The Kier molecular flexibility index (Phi) is 10.2. The summed E-state index contributed by atoms with van der Waals surface area (Å²) in [5.41, 5.74) is 2.79. The molecule has 0 saturated carbocycles. The van der Waals surface area contributed by atoms with Crippen LogP contribution in [0.3, 0.4) is 0 Å². The van der Waals surface area contributed by atoms with Gasteiger partial charge in [0.05, 0.1) is 19.4 Å². The number of hydrogen-bond acceptors (Lipinski definition) is 7. The van der Waals surface area contributed by atoms with E-state index in [9.17, 15) is 0 Å². The van der Waals surface area contributed by atoms with Crippen molar-refractivity contribution in [3.05, 3.63) is 53.2 Å². The monoisotopic (exact) mass is 413 g/mol. The Bertz CT molecular complexity index is 797. The average Bonchev–Trinajstić information content (AvgIpc) is 2.74. The Morgan fingerprint density at radius 1 is 0.933 bits per heavy atom. The lowest BCUT2D eigenvalue weighted by Crippen LogP contribution is -2.04. The highest BCUT2D eigenvalue weighted by molar-refractivity contribution is 5.75. The van der Waals surface area contributed by atoms with Gasteiger partial charge in [0.2, 0.25) is 5.88 Å². The van der Waals surface area contributed by atoms with Crippen molar-refractivity contribution in [3.63, 3.8) is 0 Å². The summed E-state index contributed by atoms with van der Waals surface area (Å²) >= 11 is 0. The van der Waals surface area contributed by atoms with Gasteiger partial charge in [-0.2, -0.15) is 0 Å². The average molecular weight is 414 g/mol. The summed E-state index contributed by atoms with van der Waals surface area (Å²) in [6, 6.07) is 7.59. The molecule has 1 aromatic carbocycles. The molecule has 0 N–H and O–H groups in total. The van der Waals surface area contributed by atoms with E-state index in [0.717, 1.165) is 41.9 Å². The smallest absolute Gasteiger partial charge is 0.233 e. The molecule has 0 saturated heterocycles. The SMILES string of the molecule is C/C=C/COc1cc(C)c(OCCCCCOc2ccc(C=NOC)nn2)c(C)c1. The van der Waals surface area contributed by atoms with Gasteiger partial charge in [0, 0.05) is 6.07 Å². The molecule has 162 valence electrons.